The van der Waals surface area contributed by atoms with Crippen LogP contribution in [0.4, 0.5) is 0 Å². The predicted molar refractivity (Wildman–Crippen MR) is 178 cm³/mol. The van der Waals surface area contributed by atoms with E-state index in [-0.39, 0.29) is 24.2 Å². The van der Waals surface area contributed by atoms with Crippen molar-refractivity contribution in [3.05, 3.63) is 102 Å². The average molecular weight is 591 g/mol. The van der Waals surface area contributed by atoms with Gasteiger partial charge in [-0.3, -0.25) is 10.2 Å². The summed E-state index contributed by atoms with van der Waals surface area (Å²) >= 11 is 0. The molecule has 0 radical (unpaired) electrons. The summed E-state index contributed by atoms with van der Waals surface area (Å²) in [6, 6.07) is 29.6. The fraction of sp³-hybridized carbons (Fsp3) is 0.297. The van der Waals surface area contributed by atoms with Crippen molar-refractivity contribution in [2.75, 3.05) is 6.61 Å². The third-order valence-corrected chi connectivity index (χ3v) is 7.75. The first-order valence-corrected chi connectivity index (χ1v) is 15.3. The number of nitrogens with one attached hydrogen (secondary N) is 1. The van der Waals surface area contributed by atoms with E-state index in [1.54, 1.807) is 0 Å². The zero-order valence-corrected chi connectivity index (χ0v) is 26.0. The van der Waals surface area contributed by atoms with Gasteiger partial charge in [0.2, 0.25) is 11.7 Å². The minimum Gasteiger partial charge on any atom is -0.485 e. The number of rotatable bonds is 12. The van der Waals surface area contributed by atoms with Crippen molar-refractivity contribution >= 4 is 22.4 Å². The summed E-state index contributed by atoms with van der Waals surface area (Å²) in [5.41, 5.74) is 8.88. The monoisotopic (exact) mass is 590 g/mol. The Morgan fingerprint density at radius 3 is 2.20 bits per heavy atom. The van der Waals surface area contributed by atoms with Gasteiger partial charge < -0.3 is 15.0 Å². The van der Waals surface area contributed by atoms with Gasteiger partial charge in [-0.1, -0.05) is 118 Å². The molecule has 7 nitrogen and oxygen atoms in total. The van der Waals surface area contributed by atoms with Gasteiger partial charge in [0, 0.05) is 23.0 Å². The van der Waals surface area contributed by atoms with Gasteiger partial charge in [0.15, 0.2) is 12.4 Å². The molecule has 0 bridgehead atoms. The molecule has 5 aromatic rings. The van der Waals surface area contributed by atoms with Crippen molar-refractivity contribution in [3.63, 3.8) is 0 Å². The Hall–Kier alpha value is -4.78. The highest BCUT2D eigenvalue weighted by molar-refractivity contribution is 5.97. The number of nitrogens with two attached hydrogens (primary N) is 1. The van der Waals surface area contributed by atoms with Crippen molar-refractivity contribution in [3.8, 4) is 28.3 Å². The number of hydrogen-bond donors (Lipinski definition) is 2. The van der Waals surface area contributed by atoms with E-state index in [1.807, 2.05) is 92.7 Å². The second kappa shape index (κ2) is 15.6. The summed E-state index contributed by atoms with van der Waals surface area (Å²) in [4.78, 5) is 17.3. The molecular formula is C37H42N4O3. The SMILES string of the molecule is CCC(C)C(=N)N.CCCCC(C)c1nc(-c2ccc3cc(OCC(=O)c4ccc(-c5ccccc5)cc4)ccc3c2)no1. The highest BCUT2D eigenvalue weighted by Crippen LogP contribution is 2.28. The molecule has 0 amide bonds. The lowest BCUT2D eigenvalue weighted by atomic mass is 10.0. The van der Waals surface area contributed by atoms with Gasteiger partial charge in [0.1, 0.15) is 5.75 Å². The largest absolute Gasteiger partial charge is 0.485 e. The summed E-state index contributed by atoms with van der Waals surface area (Å²) in [5.74, 6) is 2.70. The fourth-order valence-electron chi connectivity index (χ4n) is 4.57. The van der Waals surface area contributed by atoms with Crippen molar-refractivity contribution < 1.29 is 14.1 Å². The lowest BCUT2D eigenvalue weighted by molar-refractivity contribution is 0.0921. The van der Waals surface area contributed by atoms with E-state index >= 15 is 0 Å². The van der Waals surface area contributed by atoms with Gasteiger partial charge in [-0.05, 0) is 52.9 Å². The number of hydrogen-bond acceptors (Lipinski definition) is 6. The Kier molecular flexibility index (Phi) is 11.4. The van der Waals surface area contributed by atoms with E-state index in [0.717, 1.165) is 53.1 Å². The zero-order valence-electron chi connectivity index (χ0n) is 26.0. The van der Waals surface area contributed by atoms with Crippen LogP contribution in [0, 0.1) is 11.3 Å². The maximum Gasteiger partial charge on any atom is 0.229 e. The molecule has 228 valence electrons. The molecule has 0 spiro atoms. The summed E-state index contributed by atoms with van der Waals surface area (Å²) in [5, 5.41) is 13.1. The molecule has 0 aliphatic rings. The van der Waals surface area contributed by atoms with Crippen LogP contribution in [-0.2, 0) is 0 Å². The van der Waals surface area contributed by atoms with Crippen molar-refractivity contribution in [1.29, 1.82) is 5.41 Å². The van der Waals surface area contributed by atoms with E-state index in [0.29, 0.717) is 28.9 Å². The molecule has 5 rings (SSSR count). The van der Waals surface area contributed by atoms with Crippen molar-refractivity contribution in [2.24, 2.45) is 11.7 Å². The number of fused-ring (bicyclic) bond motifs is 1. The lowest BCUT2D eigenvalue weighted by Crippen LogP contribution is -2.18. The van der Waals surface area contributed by atoms with Gasteiger partial charge in [0.05, 0.1) is 5.84 Å². The number of carbonyl (C=O) groups excluding carboxylic acids is 1. The molecule has 1 heterocycles. The Labute approximate surface area is 260 Å². The first-order valence-electron chi connectivity index (χ1n) is 15.3. The van der Waals surface area contributed by atoms with Gasteiger partial charge >= 0.3 is 0 Å². The summed E-state index contributed by atoms with van der Waals surface area (Å²) in [7, 11) is 0. The van der Waals surface area contributed by atoms with Gasteiger partial charge in [-0.25, -0.2) is 0 Å². The normalized spacial score (nSPS) is 12.2. The van der Waals surface area contributed by atoms with Crippen LogP contribution in [0.5, 0.6) is 5.75 Å². The maximum atomic E-state index is 12.7. The zero-order chi connectivity index (χ0) is 31.5. The van der Waals surface area contributed by atoms with Crippen LogP contribution in [0.25, 0.3) is 33.3 Å². The number of unbranched alkanes of at least 4 members (excludes halogenated alkanes) is 1. The highest BCUT2D eigenvalue weighted by atomic mass is 16.5. The third-order valence-electron chi connectivity index (χ3n) is 7.75. The molecule has 0 fully saturated rings. The van der Waals surface area contributed by atoms with Crippen LogP contribution in [0.15, 0.2) is 95.5 Å². The molecule has 2 atom stereocenters. The first-order chi connectivity index (χ1) is 21.3. The molecule has 0 aliphatic heterocycles. The van der Waals surface area contributed by atoms with Crippen molar-refractivity contribution in [1.82, 2.24) is 10.1 Å². The average Bonchev–Trinajstić information content (AvgIpc) is 3.57. The molecule has 2 unspecified atom stereocenters. The van der Waals surface area contributed by atoms with Crippen LogP contribution >= 0.6 is 0 Å². The maximum absolute atomic E-state index is 12.7. The summed E-state index contributed by atoms with van der Waals surface area (Å²) in [6.45, 7) is 8.25. The standard InChI is InChI=1S/C32H30N2O3.C5H12N2/c1-3-4-8-22(2)32-33-31(34-37-32)28-16-15-27-20-29(18-17-26(27)19-28)36-21-30(35)25-13-11-24(12-14-25)23-9-6-5-7-10-23;1-3-4(2)5(6)7/h5-7,9-20,22H,3-4,8,21H2,1-2H3;4H,3H2,1-2H3,(H3,6,7). The molecule has 1 aromatic heterocycles. The van der Waals surface area contributed by atoms with E-state index in [2.05, 4.69) is 36.1 Å². The molecular weight excluding hydrogens is 548 g/mol. The quantitative estimate of drug-likeness (QED) is 0.0851. The Bertz CT molecular complexity index is 1660. The van der Waals surface area contributed by atoms with Crippen LogP contribution in [0.2, 0.25) is 0 Å². The van der Waals surface area contributed by atoms with Gasteiger partial charge in [-0.15, -0.1) is 0 Å². The Morgan fingerprint density at radius 1 is 0.886 bits per heavy atom. The number of amidine groups is 1. The number of benzene rings is 4. The second-order valence-corrected chi connectivity index (χ2v) is 11.1. The third kappa shape index (κ3) is 8.63. The van der Waals surface area contributed by atoms with E-state index in [4.69, 9.17) is 20.4 Å². The lowest BCUT2D eigenvalue weighted by Gasteiger charge is -2.08. The van der Waals surface area contributed by atoms with E-state index < -0.39 is 0 Å². The van der Waals surface area contributed by atoms with Crippen molar-refractivity contribution in [2.45, 2.75) is 59.3 Å². The topological polar surface area (TPSA) is 115 Å². The number of ketones is 1. The van der Waals surface area contributed by atoms with Gasteiger partial charge in [0.25, 0.3) is 0 Å². The highest BCUT2D eigenvalue weighted by Gasteiger charge is 2.15. The van der Waals surface area contributed by atoms with Crippen LogP contribution < -0.4 is 10.5 Å². The first kappa shape index (κ1) is 32.1. The van der Waals surface area contributed by atoms with Crippen LogP contribution in [-0.4, -0.2) is 28.4 Å². The number of Topliss-reactive ketones (excluding diaryl/α,β-unsaturated/α-hetero) is 1. The number of aromatic nitrogens is 2. The minimum absolute atomic E-state index is 0.0177. The van der Waals surface area contributed by atoms with Crippen LogP contribution in [0.1, 0.15) is 75.5 Å². The fourth-order valence-corrected chi connectivity index (χ4v) is 4.57. The molecule has 44 heavy (non-hydrogen) atoms. The number of carbonyl (C=O) groups is 1. The Balaban J connectivity index is 0.000000566. The summed E-state index contributed by atoms with van der Waals surface area (Å²) in [6.07, 6.45) is 4.30. The van der Waals surface area contributed by atoms with Crippen LogP contribution in [0.3, 0.4) is 0 Å². The van der Waals surface area contributed by atoms with E-state index in [1.165, 1.54) is 0 Å². The molecule has 0 aliphatic carbocycles. The molecule has 0 saturated carbocycles. The molecule has 4 aromatic carbocycles. The molecule has 7 heteroatoms. The smallest absolute Gasteiger partial charge is 0.229 e. The second-order valence-electron chi connectivity index (χ2n) is 11.1. The Morgan fingerprint density at radius 2 is 1.55 bits per heavy atom. The summed E-state index contributed by atoms with van der Waals surface area (Å²) < 4.78 is 11.3. The minimum atomic E-state index is -0.0591. The predicted octanol–water partition coefficient (Wildman–Crippen LogP) is 9.08. The number of nitrogens with zero attached hydrogens (tertiary/aromatic N) is 2. The molecule has 3 N–H and O–H groups in total. The van der Waals surface area contributed by atoms with E-state index in [9.17, 15) is 4.79 Å². The van der Waals surface area contributed by atoms with Gasteiger partial charge in [-0.2, -0.15) is 4.98 Å². The molecule has 0 saturated heterocycles. The number of ether oxygens (including phenoxy) is 1.